The van der Waals surface area contributed by atoms with Crippen LogP contribution >= 0.6 is 0 Å². The number of hydrogen-bond donors (Lipinski definition) is 1. The van der Waals surface area contributed by atoms with Gasteiger partial charge >= 0.3 is 0 Å². The number of pyridine rings is 1. The molecular formula is C25H30N2O6. The number of carbonyl (C=O) groups is 2. The minimum Gasteiger partial charge on any atom is -0.507 e. The molecule has 1 N–H and O–H groups in total. The van der Waals surface area contributed by atoms with Gasteiger partial charge in [0, 0.05) is 31.6 Å². The third-order valence-electron chi connectivity index (χ3n) is 5.37. The molecule has 1 aliphatic heterocycles. The molecule has 1 atom stereocenters. The first kappa shape index (κ1) is 24.3. The van der Waals surface area contributed by atoms with Gasteiger partial charge in [-0.3, -0.25) is 14.6 Å². The highest BCUT2D eigenvalue weighted by atomic mass is 16.5. The molecule has 1 aromatic heterocycles. The maximum atomic E-state index is 13.0. The number of carbonyl (C=O) groups excluding carboxylic acids is 2. The second-order valence-electron chi connectivity index (χ2n) is 7.56. The predicted octanol–water partition coefficient (Wildman–Crippen LogP) is 3.73. The molecule has 0 radical (unpaired) electrons. The summed E-state index contributed by atoms with van der Waals surface area (Å²) < 4.78 is 16.8. The Morgan fingerprint density at radius 3 is 2.48 bits per heavy atom. The van der Waals surface area contributed by atoms with Gasteiger partial charge in [-0.25, -0.2) is 0 Å². The van der Waals surface area contributed by atoms with Crippen LogP contribution in [0.1, 0.15) is 43.9 Å². The molecule has 2 aromatic rings. The molecule has 0 bridgehead atoms. The summed E-state index contributed by atoms with van der Waals surface area (Å²) >= 11 is 0. The maximum absolute atomic E-state index is 13.0. The Hall–Kier alpha value is -3.39. The quantitative estimate of drug-likeness (QED) is 0.239. The largest absolute Gasteiger partial charge is 0.507 e. The standard InChI is InChI=1S/C25H30N2O6/c1-4-6-14-33-19-8-7-18(16-20(19)32-5-2)22-21(23(28)17-9-11-26-12-10-17)24(29)25(30)27(22)13-15-31-3/h7-12,16,22,28H,4-6,13-15H2,1-3H3. The van der Waals surface area contributed by atoms with Gasteiger partial charge in [0.15, 0.2) is 11.5 Å². The Morgan fingerprint density at radius 1 is 1.06 bits per heavy atom. The first-order valence-electron chi connectivity index (χ1n) is 11.1. The molecule has 3 rings (SSSR count). The lowest BCUT2D eigenvalue weighted by Crippen LogP contribution is -2.32. The molecule has 1 saturated heterocycles. The predicted molar refractivity (Wildman–Crippen MR) is 123 cm³/mol. The number of aliphatic hydroxyl groups is 1. The van der Waals surface area contributed by atoms with E-state index in [1.165, 1.54) is 24.4 Å². The highest BCUT2D eigenvalue weighted by Gasteiger charge is 2.46. The molecule has 8 heteroatoms. The number of likely N-dealkylation sites (tertiary alicyclic amines) is 1. The first-order valence-corrected chi connectivity index (χ1v) is 11.1. The number of hydrogen-bond acceptors (Lipinski definition) is 7. The van der Waals surface area contributed by atoms with Crippen LogP contribution in [0.2, 0.25) is 0 Å². The van der Waals surface area contributed by atoms with Crippen LogP contribution in [-0.2, 0) is 14.3 Å². The van der Waals surface area contributed by atoms with Gasteiger partial charge < -0.3 is 24.2 Å². The third-order valence-corrected chi connectivity index (χ3v) is 5.37. The second kappa shape index (κ2) is 11.5. The number of ketones is 1. The van der Waals surface area contributed by atoms with Crippen molar-refractivity contribution in [3.8, 4) is 11.5 Å². The summed E-state index contributed by atoms with van der Waals surface area (Å²) in [6, 6.07) is 7.72. The summed E-state index contributed by atoms with van der Waals surface area (Å²) in [4.78, 5) is 31.3. The van der Waals surface area contributed by atoms with E-state index in [-0.39, 0.29) is 24.5 Å². The lowest BCUT2D eigenvalue weighted by atomic mass is 9.95. The van der Waals surface area contributed by atoms with Crippen molar-refractivity contribution in [3.05, 3.63) is 59.4 Å². The van der Waals surface area contributed by atoms with Gasteiger partial charge in [0.05, 0.1) is 31.4 Å². The Labute approximate surface area is 193 Å². The van der Waals surface area contributed by atoms with Crippen LogP contribution in [0, 0.1) is 0 Å². The normalized spacial score (nSPS) is 17.4. The molecule has 8 nitrogen and oxygen atoms in total. The van der Waals surface area contributed by atoms with Crippen molar-refractivity contribution < 1.29 is 28.9 Å². The number of aliphatic hydroxyl groups excluding tert-OH is 1. The van der Waals surface area contributed by atoms with Crippen molar-refractivity contribution in [2.75, 3.05) is 33.5 Å². The Morgan fingerprint density at radius 2 is 1.82 bits per heavy atom. The molecule has 0 aliphatic carbocycles. The highest BCUT2D eigenvalue weighted by molar-refractivity contribution is 6.46. The third kappa shape index (κ3) is 5.34. The zero-order valence-electron chi connectivity index (χ0n) is 19.2. The SMILES string of the molecule is CCCCOc1ccc(C2C(=C(O)c3ccncc3)C(=O)C(=O)N2CCOC)cc1OCC. The van der Waals surface area contributed by atoms with Crippen LogP contribution in [-0.4, -0.2) is 60.2 Å². The average molecular weight is 455 g/mol. The van der Waals surface area contributed by atoms with E-state index in [0.717, 1.165) is 12.8 Å². The minimum absolute atomic E-state index is 0.0180. The summed E-state index contributed by atoms with van der Waals surface area (Å²) in [7, 11) is 1.53. The molecule has 0 spiro atoms. The van der Waals surface area contributed by atoms with Crippen molar-refractivity contribution in [3.63, 3.8) is 0 Å². The molecule has 1 amide bonds. The number of Topliss-reactive ketones (excluding diaryl/α,β-unsaturated/α-hetero) is 1. The van der Waals surface area contributed by atoms with Crippen LogP contribution in [0.15, 0.2) is 48.3 Å². The van der Waals surface area contributed by atoms with E-state index in [1.807, 2.05) is 6.92 Å². The topological polar surface area (TPSA) is 98.2 Å². The van der Waals surface area contributed by atoms with Crippen LogP contribution in [0.4, 0.5) is 0 Å². The van der Waals surface area contributed by atoms with Crippen molar-refractivity contribution >= 4 is 17.4 Å². The van der Waals surface area contributed by atoms with Gasteiger partial charge in [-0.2, -0.15) is 0 Å². The zero-order chi connectivity index (χ0) is 23.8. The number of nitrogens with zero attached hydrogens (tertiary/aromatic N) is 2. The zero-order valence-corrected chi connectivity index (χ0v) is 19.2. The summed E-state index contributed by atoms with van der Waals surface area (Å²) in [6.45, 7) is 5.38. The molecule has 33 heavy (non-hydrogen) atoms. The van der Waals surface area contributed by atoms with E-state index in [9.17, 15) is 14.7 Å². The fraction of sp³-hybridized carbons (Fsp3) is 0.400. The van der Waals surface area contributed by atoms with Crippen molar-refractivity contribution in [2.24, 2.45) is 0 Å². The number of aromatic nitrogens is 1. The van der Waals surface area contributed by atoms with E-state index < -0.39 is 17.7 Å². The number of amides is 1. The molecule has 176 valence electrons. The van der Waals surface area contributed by atoms with Crippen LogP contribution in [0.3, 0.4) is 0 Å². The first-order chi connectivity index (χ1) is 16.0. The van der Waals surface area contributed by atoms with Gasteiger partial charge in [-0.05, 0) is 43.2 Å². The summed E-state index contributed by atoms with van der Waals surface area (Å²) in [5, 5.41) is 11.0. The van der Waals surface area contributed by atoms with Crippen molar-refractivity contribution in [1.82, 2.24) is 9.88 Å². The highest BCUT2D eigenvalue weighted by Crippen LogP contribution is 2.41. The summed E-state index contributed by atoms with van der Waals surface area (Å²) in [6.07, 6.45) is 4.95. The van der Waals surface area contributed by atoms with Gasteiger partial charge in [0.1, 0.15) is 5.76 Å². The number of ether oxygens (including phenoxy) is 3. The van der Waals surface area contributed by atoms with Crippen molar-refractivity contribution in [1.29, 1.82) is 0 Å². The lowest BCUT2D eigenvalue weighted by molar-refractivity contribution is -0.140. The van der Waals surface area contributed by atoms with E-state index in [2.05, 4.69) is 11.9 Å². The molecular weight excluding hydrogens is 424 g/mol. The average Bonchev–Trinajstić information content (AvgIpc) is 3.08. The Bertz CT molecular complexity index is 1010. The minimum atomic E-state index is -0.794. The lowest BCUT2D eigenvalue weighted by Gasteiger charge is -2.26. The maximum Gasteiger partial charge on any atom is 0.295 e. The van der Waals surface area contributed by atoms with Crippen LogP contribution in [0.25, 0.3) is 5.76 Å². The summed E-state index contributed by atoms with van der Waals surface area (Å²) in [5.41, 5.74) is 1.06. The molecule has 1 fully saturated rings. The fourth-order valence-corrected chi connectivity index (χ4v) is 3.72. The number of unbranched alkanes of at least 4 members (excludes halogenated alkanes) is 1. The number of benzene rings is 1. The summed E-state index contributed by atoms with van der Waals surface area (Å²) in [5.74, 6) is -0.563. The number of rotatable bonds is 11. The van der Waals surface area contributed by atoms with E-state index in [0.29, 0.717) is 35.8 Å². The molecule has 2 heterocycles. The van der Waals surface area contributed by atoms with Crippen molar-refractivity contribution in [2.45, 2.75) is 32.7 Å². The molecule has 1 unspecified atom stereocenters. The van der Waals surface area contributed by atoms with E-state index in [4.69, 9.17) is 14.2 Å². The van der Waals surface area contributed by atoms with Gasteiger partial charge in [0.2, 0.25) is 0 Å². The smallest absolute Gasteiger partial charge is 0.295 e. The second-order valence-corrected chi connectivity index (χ2v) is 7.56. The molecule has 1 aromatic carbocycles. The van der Waals surface area contributed by atoms with E-state index in [1.54, 1.807) is 30.3 Å². The molecule has 1 aliphatic rings. The Balaban J connectivity index is 2.10. The van der Waals surface area contributed by atoms with E-state index >= 15 is 0 Å². The fourth-order valence-electron chi connectivity index (χ4n) is 3.72. The molecule has 0 saturated carbocycles. The van der Waals surface area contributed by atoms with Gasteiger partial charge in [-0.15, -0.1) is 0 Å². The monoisotopic (exact) mass is 454 g/mol. The van der Waals surface area contributed by atoms with Gasteiger partial charge in [0.25, 0.3) is 11.7 Å². The van der Waals surface area contributed by atoms with Gasteiger partial charge in [-0.1, -0.05) is 19.4 Å². The number of methoxy groups -OCH3 is 1. The Kier molecular flexibility index (Phi) is 8.43. The van der Waals surface area contributed by atoms with Crippen LogP contribution < -0.4 is 9.47 Å². The van der Waals surface area contributed by atoms with Crippen LogP contribution in [0.5, 0.6) is 11.5 Å².